The summed E-state index contributed by atoms with van der Waals surface area (Å²) >= 11 is 6.47. The zero-order chi connectivity index (χ0) is 16.8. The Morgan fingerprint density at radius 2 is 1.91 bits per heavy atom. The highest BCUT2D eigenvalue weighted by molar-refractivity contribution is 7.80. The quantitative estimate of drug-likeness (QED) is 0.744. The predicted octanol–water partition coefficient (Wildman–Crippen LogP) is 3.01. The SMILES string of the molecule is CC(C)NC(=O)c1cccc(NC(=S)NC(=O)c2cccs2)c1. The Hall–Kier alpha value is -2.25. The molecular formula is C16H17N3O2S2. The maximum absolute atomic E-state index is 12.0. The molecule has 5 nitrogen and oxygen atoms in total. The number of anilines is 1. The number of carbonyl (C=O) groups excluding carboxylic acids is 2. The van der Waals surface area contributed by atoms with Gasteiger partial charge in [-0.05, 0) is 55.7 Å². The van der Waals surface area contributed by atoms with E-state index in [1.54, 1.807) is 36.4 Å². The molecule has 1 heterocycles. The van der Waals surface area contributed by atoms with E-state index in [1.807, 2.05) is 19.2 Å². The first kappa shape index (κ1) is 17.1. The molecule has 0 saturated carbocycles. The lowest BCUT2D eigenvalue weighted by molar-refractivity contribution is 0.0941. The van der Waals surface area contributed by atoms with E-state index in [1.165, 1.54) is 11.3 Å². The van der Waals surface area contributed by atoms with Crippen LogP contribution in [0.25, 0.3) is 0 Å². The highest BCUT2D eigenvalue weighted by atomic mass is 32.1. The van der Waals surface area contributed by atoms with E-state index >= 15 is 0 Å². The van der Waals surface area contributed by atoms with E-state index in [0.29, 0.717) is 16.1 Å². The van der Waals surface area contributed by atoms with Gasteiger partial charge in [-0.25, -0.2) is 0 Å². The molecule has 0 radical (unpaired) electrons. The summed E-state index contributed by atoms with van der Waals surface area (Å²) in [6.45, 7) is 3.80. The number of hydrogen-bond donors (Lipinski definition) is 3. The molecule has 120 valence electrons. The van der Waals surface area contributed by atoms with Crippen LogP contribution in [0.5, 0.6) is 0 Å². The fourth-order valence-corrected chi connectivity index (χ4v) is 2.65. The van der Waals surface area contributed by atoms with E-state index in [-0.39, 0.29) is 23.0 Å². The van der Waals surface area contributed by atoms with Gasteiger partial charge in [0, 0.05) is 17.3 Å². The average molecular weight is 347 g/mol. The first-order chi connectivity index (χ1) is 11.0. The third kappa shape index (κ3) is 5.15. The largest absolute Gasteiger partial charge is 0.350 e. The zero-order valence-corrected chi connectivity index (χ0v) is 14.4. The van der Waals surface area contributed by atoms with E-state index in [4.69, 9.17) is 12.2 Å². The normalized spacial score (nSPS) is 10.2. The fraction of sp³-hybridized carbons (Fsp3) is 0.188. The molecule has 1 aromatic heterocycles. The molecule has 0 aliphatic rings. The van der Waals surface area contributed by atoms with Crippen LogP contribution in [-0.2, 0) is 0 Å². The summed E-state index contributed by atoms with van der Waals surface area (Å²) in [5, 5.41) is 10.3. The van der Waals surface area contributed by atoms with Crippen molar-refractivity contribution in [3.8, 4) is 0 Å². The topological polar surface area (TPSA) is 70.2 Å². The smallest absolute Gasteiger partial charge is 0.267 e. The van der Waals surface area contributed by atoms with Crippen molar-refractivity contribution in [2.45, 2.75) is 19.9 Å². The third-order valence-electron chi connectivity index (χ3n) is 2.77. The highest BCUT2D eigenvalue weighted by Crippen LogP contribution is 2.12. The molecular weight excluding hydrogens is 330 g/mol. The van der Waals surface area contributed by atoms with Crippen LogP contribution >= 0.6 is 23.6 Å². The van der Waals surface area contributed by atoms with Crippen LogP contribution in [0.3, 0.4) is 0 Å². The summed E-state index contributed by atoms with van der Waals surface area (Å²) in [7, 11) is 0. The van der Waals surface area contributed by atoms with Gasteiger partial charge in [-0.2, -0.15) is 0 Å². The van der Waals surface area contributed by atoms with Gasteiger partial charge in [0.05, 0.1) is 4.88 Å². The van der Waals surface area contributed by atoms with Crippen LogP contribution in [0.1, 0.15) is 33.9 Å². The molecule has 0 spiro atoms. The first-order valence-electron chi connectivity index (χ1n) is 7.02. The lowest BCUT2D eigenvalue weighted by Gasteiger charge is -2.11. The van der Waals surface area contributed by atoms with Crippen molar-refractivity contribution in [2.75, 3.05) is 5.32 Å². The average Bonchev–Trinajstić information content (AvgIpc) is 3.01. The van der Waals surface area contributed by atoms with Gasteiger partial charge >= 0.3 is 0 Å². The number of rotatable bonds is 4. The highest BCUT2D eigenvalue weighted by Gasteiger charge is 2.10. The molecule has 0 aliphatic carbocycles. The van der Waals surface area contributed by atoms with Crippen LogP contribution in [0.2, 0.25) is 0 Å². The molecule has 0 saturated heterocycles. The van der Waals surface area contributed by atoms with Crippen molar-refractivity contribution in [2.24, 2.45) is 0 Å². The molecule has 0 aliphatic heterocycles. The third-order valence-corrected chi connectivity index (χ3v) is 3.85. The first-order valence-corrected chi connectivity index (χ1v) is 8.31. The van der Waals surface area contributed by atoms with Gasteiger partial charge in [-0.15, -0.1) is 11.3 Å². The number of carbonyl (C=O) groups is 2. The molecule has 0 atom stereocenters. The monoisotopic (exact) mass is 347 g/mol. The number of amides is 2. The standard InChI is InChI=1S/C16H17N3O2S2/c1-10(2)17-14(20)11-5-3-6-12(9-11)18-16(22)19-15(21)13-7-4-8-23-13/h3-10H,1-2H3,(H,17,20)(H2,18,19,21,22). The molecule has 1 aromatic carbocycles. The number of thiocarbonyl (C=S) groups is 1. The van der Waals surface area contributed by atoms with E-state index in [2.05, 4.69) is 16.0 Å². The Morgan fingerprint density at radius 3 is 2.57 bits per heavy atom. The van der Waals surface area contributed by atoms with Crippen molar-refractivity contribution in [3.05, 3.63) is 52.2 Å². The number of benzene rings is 1. The van der Waals surface area contributed by atoms with Gasteiger partial charge in [-0.1, -0.05) is 12.1 Å². The summed E-state index contributed by atoms with van der Waals surface area (Å²) in [5.74, 6) is -0.414. The lowest BCUT2D eigenvalue weighted by Crippen LogP contribution is -2.34. The minimum absolute atomic E-state index is 0.0604. The van der Waals surface area contributed by atoms with Gasteiger partial charge in [0.25, 0.3) is 11.8 Å². The molecule has 2 aromatic rings. The summed E-state index contributed by atoms with van der Waals surface area (Å²) in [5.41, 5.74) is 1.16. The molecule has 2 rings (SSSR count). The van der Waals surface area contributed by atoms with Gasteiger partial charge in [0.2, 0.25) is 0 Å². The Balaban J connectivity index is 1.98. The van der Waals surface area contributed by atoms with E-state index in [9.17, 15) is 9.59 Å². The Morgan fingerprint density at radius 1 is 1.13 bits per heavy atom. The number of nitrogens with one attached hydrogen (secondary N) is 3. The van der Waals surface area contributed by atoms with Crippen molar-refractivity contribution in [1.29, 1.82) is 0 Å². The molecule has 3 N–H and O–H groups in total. The second-order valence-corrected chi connectivity index (χ2v) is 6.45. The van der Waals surface area contributed by atoms with Crippen molar-refractivity contribution >= 4 is 46.2 Å². The fourth-order valence-electron chi connectivity index (χ4n) is 1.82. The van der Waals surface area contributed by atoms with Crippen LogP contribution in [0.15, 0.2) is 41.8 Å². The van der Waals surface area contributed by atoms with E-state index < -0.39 is 0 Å². The van der Waals surface area contributed by atoms with Gasteiger partial charge in [-0.3, -0.25) is 14.9 Å². The summed E-state index contributed by atoms with van der Waals surface area (Å²) in [4.78, 5) is 24.5. The molecule has 2 amide bonds. The van der Waals surface area contributed by atoms with Gasteiger partial charge in [0.1, 0.15) is 0 Å². The Kier molecular flexibility index (Phi) is 5.84. The molecule has 23 heavy (non-hydrogen) atoms. The Bertz CT molecular complexity index is 712. The summed E-state index contributed by atoms with van der Waals surface area (Å²) < 4.78 is 0. The van der Waals surface area contributed by atoms with Crippen molar-refractivity contribution in [3.63, 3.8) is 0 Å². The van der Waals surface area contributed by atoms with Crippen LogP contribution in [0, 0.1) is 0 Å². The van der Waals surface area contributed by atoms with Crippen molar-refractivity contribution in [1.82, 2.24) is 10.6 Å². The summed E-state index contributed by atoms with van der Waals surface area (Å²) in [6.07, 6.45) is 0. The molecule has 0 bridgehead atoms. The number of thiophene rings is 1. The van der Waals surface area contributed by atoms with Gasteiger partial charge in [0.15, 0.2) is 5.11 Å². The minimum atomic E-state index is -0.258. The maximum Gasteiger partial charge on any atom is 0.267 e. The molecule has 0 fully saturated rings. The van der Waals surface area contributed by atoms with Crippen LogP contribution in [0.4, 0.5) is 5.69 Å². The van der Waals surface area contributed by atoms with Gasteiger partial charge < -0.3 is 10.6 Å². The Labute approximate surface area is 144 Å². The second kappa shape index (κ2) is 7.85. The second-order valence-electron chi connectivity index (χ2n) is 5.09. The van der Waals surface area contributed by atoms with Crippen LogP contribution in [-0.4, -0.2) is 23.0 Å². The number of hydrogen-bond acceptors (Lipinski definition) is 4. The van der Waals surface area contributed by atoms with Crippen molar-refractivity contribution < 1.29 is 9.59 Å². The molecule has 7 heteroatoms. The molecule has 0 unspecified atom stereocenters. The maximum atomic E-state index is 12.0. The van der Waals surface area contributed by atoms with E-state index in [0.717, 1.165) is 0 Å². The summed E-state index contributed by atoms with van der Waals surface area (Å²) in [6, 6.07) is 10.5. The predicted molar refractivity (Wildman–Crippen MR) is 97.1 cm³/mol. The van der Waals surface area contributed by atoms with Crippen LogP contribution < -0.4 is 16.0 Å². The minimum Gasteiger partial charge on any atom is -0.350 e. The lowest BCUT2D eigenvalue weighted by atomic mass is 10.2. The zero-order valence-electron chi connectivity index (χ0n) is 12.8.